The van der Waals surface area contributed by atoms with Crippen LogP contribution < -0.4 is 5.32 Å². The van der Waals surface area contributed by atoms with Crippen molar-refractivity contribution in [1.29, 1.82) is 0 Å². The Kier molecular flexibility index (Phi) is 4.62. The van der Waals surface area contributed by atoms with Gasteiger partial charge in [-0.05, 0) is 36.8 Å². The summed E-state index contributed by atoms with van der Waals surface area (Å²) in [4.78, 5) is 11.7. The van der Waals surface area contributed by atoms with Gasteiger partial charge in [0.15, 0.2) is 0 Å². The zero-order valence-corrected chi connectivity index (χ0v) is 10.7. The average Bonchev–Trinajstić information content (AvgIpc) is 2.88. The standard InChI is InChI=1S/C15H21NO2/c17-14-8-4-3-7-13(14)9-10-15(18)16-11-12-5-1-2-6-12/h3-4,7-8,12,17H,1-2,5-6,9-11H2,(H,16,18). The molecule has 0 bridgehead atoms. The van der Waals surface area contributed by atoms with E-state index in [1.807, 2.05) is 12.1 Å². The molecule has 0 spiro atoms. The van der Waals surface area contributed by atoms with Gasteiger partial charge in [0, 0.05) is 13.0 Å². The van der Waals surface area contributed by atoms with Crippen LogP contribution in [0, 0.1) is 5.92 Å². The maximum atomic E-state index is 11.7. The summed E-state index contributed by atoms with van der Waals surface area (Å²) in [5.74, 6) is 1.05. The van der Waals surface area contributed by atoms with E-state index in [9.17, 15) is 9.90 Å². The van der Waals surface area contributed by atoms with Gasteiger partial charge >= 0.3 is 0 Å². The van der Waals surface area contributed by atoms with E-state index in [2.05, 4.69) is 5.32 Å². The predicted molar refractivity (Wildman–Crippen MR) is 71.4 cm³/mol. The minimum atomic E-state index is 0.0881. The predicted octanol–water partition coefficient (Wildman–Crippen LogP) is 2.63. The number of nitrogens with one attached hydrogen (secondary N) is 1. The number of hydrogen-bond donors (Lipinski definition) is 2. The van der Waals surface area contributed by atoms with Gasteiger partial charge in [-0.15, -0.1) is 0 Å². The number of benzene rings is 1. The van der Waals surface area contributed by atoms with Crippen LogP contribution in [0.1, 0.15) is 37.7 Å². The van der Waals surface area contributed by atoms with Crippen molar-refractivity contribution in [2.45, 2.75) is 38.5 Å². The summed E-state index contributed by atoms with van der Waals surface area (Å²) in [5, 5.41) is 12.6. The molecule has 0 aromatic heterocycles. The van der Waals surface area contributed by atoms with Crippen molar-refractivity contribution in [2.24, 2.45) is 5.92 Å². The van der Waals surface area contributed by atoms with Crippen LogP contribution >= 0.6 is 0 Å². The average molecular weight is 247 g/mol. The first kappa shape index (κ1) is 12.9. The number of carbonyl (C=O) groups is 1. The molecule has 3 heteroatoms. The fourth-order valence-electron chi connectivity index (χ4n) is 2.53. The summed E-state index contributed by atoms with van der Waals surface area (Å²) < 4.78 is 0. The molecule has 0 heterocycles. The summed E-state index contributed by atoms with van der Waals surface area (Å²) in [7, 11) is 0. The van der Waals surface area contributed by atoms with Gasteiger partial charge in [0.2, 0.25) is 5.91 Å². The van der Waals surface area contributed by atoms with E-state index in [0.717, 1.165) is 12.1 Å². The van der Waals surface area contributed by atoms with Crippen LogP contribution in [0.3, 0.4) is 0 Å². The smallest absolute Gasteiger partial charge is 0.220 e. The van der Waals surface area contributed by atoms with E-state index in [1.165, 1.54) is 25.7 Å². The molecule has 2 N–H and O–H groups in total. The normalized spacial score (nSPS) is 15.8. The minimum absolute atomic E-state index is 0.0881. The van der Waals surface area contributed by atoms with E-state index in [1.54, 1.807) is 12.1 Å². The highest BCUT2D eigenvalue weighted by atomic mass is 16.3. The van der Waals surface area contributed by atoms with Gasteiger partial charge in [0.25, 0.3) is 0 Å². The zero-order valence-electron chi connectivity index (χ0n) is 10.7. The van der Waals surface area contributed by atoms with Crippen molar-refractivity contribution in [2.75, 3.05) is 6.54 Å². The Morgan fingerprint density at radius 1 is 1.28 bits per heavy atom. The molecule has 18 heavy (non-hydrogen) atoms. The van der Waals surface area contributed by atoms with Crippen molar-refractivity contribution in [3.63, 3.8) is 0 Å². The fourth-order valence-corrected chi connectivity index (χ4v) is 2.53. The Labute approximate surface area is 108 Å². The molecule has 1 amide bonds. The lowest BCUT2D eigenvalue weighted by molar-refractivity contribution is -0.121. The quantitative estimate of drug-likeness (QED) is 0.840. The molecular weight excluding hydrogens is 226 g/mol. The Morgan fingerprint density at radius 3 is 2.72 bits per heavy atom. The van der Waals surface area contributed by atoms with Crippen LogP contribution in [0.2, 0.25) is 0 Å². The zero-order chi connectivity index (χ0) is 12.8. The maximum Gasteiger partial charge on any atom is 0.220 e. The molecule has 98 valence electrons. The summed E-state index contributed by atoms with van der Waals surface area (Å²) in [6, 6.07) is 7.19. The van der Waals surface area contributed by atoms with E-state index in [4.69, 9.17) is 0 Å². The topological polar surface area (TPSA) is 49.3 Å². The van der Waals surface area contributed by atoms with Crippen LogP contribution in [-0.2, 0) is 11.2 Å². The third-order valence-corrected chi connectivity index (χ3v) is 3.68. The Hall–Kier alpha value is -1.51. The first-order valence-corrected chi connectivity index (χ1v) is 6.79. The Balaban J connectivity index is 1.69. The number of aryl methyl sites for hydroxylation is 1. The summed E-state index contributed by atoms with van der Waals surface area (Å²) in [5.41, 5.74) is 0.841. The fraction of sp³-hybridized carbons (Fsp3) is 0.533. The number of phenols is 1. The number of aromatic hydroxyl groups is 1. The lowest BCUT2D eigenvalue weighted by atomic mass is 10.1. The maximum absolute atomic E-state index is 11.7. The van der Waals surface area contributed by atoms with Crippen molar-refractivity contribution in [3.05, 3.63) is 29.8 Å². The van der Waals surface area contributed by atoms with Gasteiger partial charge in [-0.1, -0.05) is 31.0 Å². The number of hydrogen-bond acceptors (Lipinski definition) is 2. The molecular formula is C15H21NO2. The van der Waals surface area contributed by atoms with Crippen molar-refractivity contribution in [3.8, 4) is 5.75 Å². The van der Waals surface area contributed by atoms with E-state index < -0.39 is 0 Å². The van der Waals surface area contributed by atoms with Crippen LogP contribution in [0.4, 0.5) is 0 Å². The molecule has 0 saturated heterocycles. The third kappa shape index (κ3) is 3.76. The largest absolute Gasteiger partial charge is 0.508 e. The van der Waals surface area contributed by atoms with Gasteiger partial charge in [0.1, 0.15) is 5.75 Å². The van der Waals surface area contributed by atoms with Crippen molar-refractivity contribution in [1.82, 2.24) is 5.32 Å². The van der Waals surface area contributed by atoms with Gasteiger partial charge in [-0.2, -0.15) is 0 Å². The Morgan fingerprint density at radius 2 is 2.00 bits per heavy atom. The first-order valence-electron chi connectivity index (χ1n) is 6.79. The first-order chi connectivity index (χ1) is 8.75. The number of amides is 1. The van der Waals surface area contributed by atoms with Crippen molar-refractivity contribution >= 4 is 5.91 Å². The van der Waals surface area contributed by atoms with Crippen LogP contribution in [0.5, 0.6) is 5.75 Å². The molecule has 1 aliphatic carbocycles. The van der Waals surface area contributed by atoms with Gasteiger partial charge < -0.3 is 10.4 Å². The molecule has 1 aromatic rings. The third-order valence-electron chi connectivity index (χ3n) is 3.68. The molecule has 0 unspecified atom stereocenters. The minimum Gasteiger partial charge on any atom is -0.508 e. The van der Waals surface area contributed by atoms with E-state index in [0.29, 0.717) is 18.8 Å². The number of carbonyl (C=O) groups excluding carboxylic acids is 1. The molecule has 1 aromatic carbocycles. The summed E-state index contributed by atoms with van der Waals surface area (Å²) in [6.45, 7) is 0.819. The van der Waals surface area contributed by atoms with Crippen LogP contribution in [0.25, 0.3) is 0 Å². The lowest BCUT2D eigenvalue weighted by Gasteiger charge is -2.10. The summed E-state index contributed by atoms with van der Waals surface area (Å²) in [6.07, 6.45) is 6.16. The van der Waals surface area contributed by atoms with Crippen LogP contribution in [-0.4, -0.2) is 17.6 Å². The molecule has 1 aliphatic rings. The van der Waals surface area contributed by atoms with Crippen molar-refractivity contribution < 1.29 is 9.90 Å². The molecule has 0 aliphatic heterocycles. The highest BCUT2D eigenvalue weighted by Gasteiger charge is 2.15. The second-order valence-corrected chi connectivity index (χ2v) is 5.08. The van der Waals surface area contributed by atoms with E-state index in [-0.39, 0.29) is 11.7 Å². The van der Waals surface area contributed by atoms with Gasteiger partial charge in [-0.25, -0.2) is 0 Å². The monoisotopic (exact) mass is 247 g/mol. The molecule has 0 radical (unpaired) electrons. The Bertz CT molecular complexity index is 397. The number of para-hydroxylation sites is 1. The summed E-state index contributed by atoms with van der Waals surface area (Å²) >= 11 is 0. The second-order valence-electron chi connectivity index (χ2n) is 5.08. The van der Waals surface area contributed by atoms with E-state index >= 15 is 0 Å². The molecule has 1 fully saturated rings. The highest BCUT2D eigenvalue weighted by Crippen LogP contribution is 2.23. The molecule has 2 rings (SSSR count). The van der Waals surface area contributed by atoms with Crippen LogP contribution in [0.15, 0.2) is 24.3 Å². The lowest BCUT2D eigenvalue weighted by Crippen LogP contribution is -2.28. The van der Waals surface area contributed by atoms with Gasteiger partial charge in [0.05, 0.1) is 0 Å². The number of rotatable bonds is 5. The second kappa shape index (κ2) is 6.43. The molecule has 1 saturated carbocycles. The number of phenolic OH excluding ortho intramolecular Hbond substituents is 1. The molecule has 0 atom stereocenters. The van der Waals surface area contributed by atoms with Gasteiger partial charge in [-0.3, -0.25) is 4.79 Å². The molecule has 3 nitrogen and oxygen atoms in total. The SMILES string of the molecule is O=C(CCc1ccccc1O)NCC1CCCC1. The highest BCUT2D eigenvalue weighted by molar-refractivity contribution is 5.76.